The fraction of sp³-hybridized carbons (Fsp3) is 0.357. The van der Waals surface area contributed by atoms with Crippen LogP contribution in [0.1, 0.15) is 26.0 Å². The third-order valence-corrected chi connectivity index (χ3v) is 3.13. The number of hydrogen-bond donors (Lipinski definition) is 1. The molecular weight excluding hydrogens is 245 g/mol. The number of rotatable bonds is 4. The molecule has 19 heavy (non-hydrogen) atoms. The van der Waals surface area contributed by atoms with Gasteiger partial charge in [0.05, 0.1) is 11.4 Å². The maximum absolute atomic E-state index is 13.3. The van der Waals surface area contributed by atoms with Crippen LogP contribution in [0.3, 0.4) is 0 Å². The fourth-order valence-electron chi connectivity index (χ4n) is 2.30. The first-order valence-electron chi connectivity index (χ1n) is 6.46. The highest BCUT2D eigenvalue weighted by Crippen LogP contribution is 2.16. The summed E-state index contributed by atoms with van der Waals surface area (Å²) in [5.74, 6) is -0.371. The number of benzene rings is 1. The Morgan fingerprint density at radius 1 is 1.32 bits per heavy atom. The molecule has 102 valence electrons. The Balaban J connectivity index is 2.70. The van der Waals surface area contributed by atoms with E-state index in [9.17, 15) is 9.18 Å². The summed E-state index contributed by atoms with van der Waals surface area (Å²) in [4.78, 5) is 12.3. The molecule has 0 amide bonds. The molecule has 1 aromatic carbocycles. The van der Waals surface area contributed by atoms with E-state index in [1.165, 1.54) is 16.8 Å². The molecule has 2 rings (SSSR count). The van der Waals surface area contributed by atoms with Crippen LogP contribution in [0.2, 0.25) is 0 Å². The first-order valence-corrected chi connectivity index (χ1v) is 6.46. The minimum absolute atomic E-state index is 0.257. The Labute approximate surface area is 111 Å². The predicted molar refractivity (Wildman–Crippen MR) is 74.1 cm³/mol. The topological polar surface area (TPSA) is 53.0 Å². The van der Waals surface area contributed by atoms with Crippen LogP contribution in [-0.4, -0.2) is 9.36 Å². The van der Waals surface area contributed by atoms with E-state index in [0.29, 0.717) is 12.2 Å². The molecule has 0 bridgehead atoms. The van der Waals surface area contributed by atoms with Crippen molar-refractivity contribution in [3.63, 3.8) is 0 Å². The van der Waals surface area contributed by atoms with Crippen molar-refractivity contribution >= 4 is 5.69 Å². The normalized spacial score (nSPS) is 10.9. The molecule has 2 N–H and O–H groups in total. The van der Waals surface area contributed by atoms with Gasteiger partial charge >= 0.3 is 0 Å². The van der Waals surface area contributed by atoms with E-state index in [4.69, 9.17) is 5.73 Å². The van der Waals surface area contributed by atoms with Crippen LogP contribution in [-0.2, 0) is 13.0 Å². The number of hydrogen-bond acceptors (Lipinski definition) is 2. The molecule has 0 aliphatic carbocycles. The van der Waals surface area contributed by atoms with Crippen molar-refractivity contribution in [2.24, 2.45) is 0 Å². The van der Waals surface area contributed by atoms with E-state index in [1.807, 2.05) is 18.5 Å². The summed E-state index contributed by atoms with van der Waals surface area (Å²) < 4.78 is 16.6. The fourth-order valence-corrected chi connectivity index (χ4v) is 2.30. The minimum atomic E-state index is -0.371. The zero-order valence-corrected chi connectivity index (χ0v) is 11.2. The van der Waals surface area contributed by atoms with Gasteiger partial charge in [0.1, 0.15) is 11.5 Å². The molecule has 4 nitrogen and oxygen atoms in total. The highest BCUT2D eigenvalue weighted by atomic mass is 19.1. The Bertz CT molecular complexity index is 643. The molecule has 0 aliphatic heterocycles. The summed E-state index contributed by atoms with van der Waals surface area (Å²) in [5.41, 5.74) is 7.19. The second-order valence-corrected chi connectivity index (χ2v) is 4.42. The molecular formula is C14H18FN3O. The van der Waals surface area contributed by atoms with Crippen molar-refractivity contribution in [1.82, 2.24) is 9.36 Å². The summed E-state index contributed by atoms with van der Waals surface area (Å²) in [6.45, 7) is 4.58. The quantitative estimate of drug-likeness (QED) is 0.920. The second-order valence-electron chi connectivity index (χ2n) is 4.42. The van der Waals surface area contributed by atoms with Gasteiger partial charge < -0.3 is 5.73 Å². The van der Waals surface area contributed by atoms with Crippen molar-refractivity contribution in [3.05, 3.63) is 46.1 Å². The lowest BCUT2D eigenvalue weighted by molar-refractivity contribution is 0.542. The van der Waals surface area contributed by atoms with Gasteiger partial charge in [-0.3, -0.25) is 9.48 Å². The largest absolute Gasteiger partial charge is 0.393 e. The third kappa shape index (κ3) is 2.28. The van der Waals surface area contributed by atoms with Crippen LogP contribution in [0.5, 0.6) is 0 Å². The van der Waals surface area contributed by atoms with Gasteiger partial charge in [-0.25, -0.2) is 9.07 Å². The number of aromatic nitrogens is 2. The first kappa shape index (κ1) is 13.4. The van der Waals surface area contributed by atoms with Crippen molar-refractivity contribution in [1.29, 1.82) is 0 Å². The highest BCUT2D eigenvalue weighted by Gasteiger charge is 2.17. The monoisotopic (exact) mass is 263 g/mol. The van der Waals surface area contributed by atoms with E-state index >= 15 is 0 Å². The summed E-state index contributed by atoms with van der Waals surface area (Å²) in [7, 11) is 0. The van der Waals surface area contributed by atoms with Gasteiger partial charge in [-0.05, 0) is 31.5 Å². The average molecular weight is 263 g/mol. The van der Waals surface area contributed by atoms with Crippen LogP contribution in [0.15, 0.2) is 29.1 Å². The Morgan fingerprint density at radius 3 is 2.63 bits per heavy atom. The van der Waals surface area contributed by atoms with E-state index < -0.39 is 0 Å². The van der Waals surface area contributed by atoms with Crippen LogP contribution >= 0.6 is 0 Å². The van der Waals surface area contributed by atoms with Gasteiger partial charge in [-0.1, -0.05) is 19.4 Å². The van der Waals surface area contributed by atoms with Gasteiger partial charge in [0.15, 0.2) is 0 Å². The van der Waals surface area contributed by atoms with Gasteiger partial charge in [0.2, 0.25) is 0 Å². The summed E-state index contributed by atoms with van der Waals surface area (Å²) >= 11 is 0. The van der Waals surface area contributed by atoms with E-state index in [1.54, 1.807) is 12.1 Å². The second kappa shape index (κ2) is 5.30. The highest BCUT2D eigenvalue weighted by molar-refractivity contribution is 5.45. The Morgan fingerprint density at radius 2 is 2.05 bits per heavy atom. The summed E-state index contributed by atoms with van der Waals surface area (Å²) in [5, 5.41) is 0. The van der Waals surface area contributed by atoms with E-state index in [-0.39, 0.29) is 17.1 Å². The Hall–Kier alpha value is -2.04. The number of nitrogen functional groups attached to an aromatic ring is 1. The summed E-state index contributed by atoms with van der Waals surface area (Å²) in [6.07, 6.45) is 1.63. The molecule has 2 aromatic rings. The van der Waals surface area contributed by atoms with Crippen molar-refractivity contribution in [2.45, 2.75) is 33.2 Å². The molecule has 0 fully saturated rings. The molecule has 0 atom stereocenters. The van der Waals surface area contributed by atoms with E-state index in [0.717, 1.165) is 18.5 Å². The lowest BCUT2D eigenvalue weighted by Crippen LogP contribution is -2.22. The number of halogens is 1. The van der Waals surface area contributed by atoms with Crippen molar-refractivity contribution in [2.75, 3.05) is 5.73 Å². The predicted octanol–water partition coefficient (Wildman–Crippen LogP) is 2.33. The van der Waals surface area contributed by atoms with Gasteiger partial charge in [0.25, 0.3) is 5.56 Å². The molecule has 0 saturated heterocycles. The zero-order valence-electron chi connectivity index (χ0n) is 11.2. The smallest absolute Gasteiger partial charge is 0.294 e. The molecule has 0 saturated carbocycles. The minimum Gasteiger partial charge on any atom is -0.393 e. The number of nitrogens with zero attached hydrogens (tertiary/aromatic N) is 2. The van der Waals surface area contributed by atoms with Crippen LogP contribution in [0.25, 0.3) is 5.69 Å². The number of nitrogens with two attached hydrogens (primary N) is 1. The molecule has 0 aliphatic rings. The van der Waals surface area contributed by atoms with Crippen LogP contribution in [0.4, 0.5) is 10.1 Å². The lowest BCUT2D eigenvalue weighted by Gasteiger charge is -2.12. The van der Waals surface area contributed by atoms with Gasteiger partial charge in [-0.15, -0.1) is 0 Å². The van der Waals surface area contributed by atoms with Crippen LogP contribution in [0, 0.1) is 5.82 Å². The van der Waals surface area contributed by atoms with Gasteiger partial charge in [-0.2, -0.15) is 0 Å². The maximum Gasteiger partial charge on any atom is 0.294 e. The van der Waals surface area contributed by atoms with Gasteiger partial charge in [0, 0.05) is 6.54 Å². The van der Waals surface area contributed by atoms with Crippen LogP contribution < -0.4 is 11.3 Å². The van der Waals surface area contributed by atoms with Crippen molar-refractivity contribution < 1.29 is 4.39 Å². The summed E-state index contributed by atoms with van der Waals surface area (Å²) in [6, 6.07) is 5.97. The SMILES string of the molecule is CCCc1c(N)c(=O)n(-c2cccc(F)c2)n1CC. The molecule has 5 heteroatoms. The van der Waals surface area contributed by atoms with E-state index in [2.05, 4.69) is 0 Å². The average Bonchev–Trinajstić information content (AvgIpc) is 2.63. The lowest BCUT2D eigenvalue weighted by atomic mass is 10.2. The number of anilines is 1. The maximum atomic E-state index is 13.3. The third-order valence-electron chi connectivity index (χ3n) is 3.13. The molecule has 1 aromatic heterocycles. The standard InChI is InChI=1S/C14H18FN3O/c1-3-6-12-13(16)14(19)18(17(12)4-2)11-8-5-7-10(15)9-11/h5,7-9H,3-4,6,16H2,1-2H3. The molecule has 0 spiro atoms. The zero-order chi connectivity index (χ0) is 14.0. The Kier molecular flexibility index (Phi) is 3.74. The first-order chi connectivity index (χ1) is 9.10. The molecule has 1 heterocycles. The molecule has 0 unspecified atom stereocenters. The molecule has 0 radical (unpaired) electrons. The van der Waals surface area contributed by atoms with Crippen molar-refractivity contribution in [3.8, 4) is 5.69 Å².